The van der Waals surface area contributed by atoms with E-state index in [0.717, 1.165) is 10.0 Å². The Morgan fingerprint density at radius 1 is 1.08 bits per heavy atom. The molecule has 0 aliphatic carbocycles. The van der Waals surface area contributed by atoms with Gasteiger partial charge in [0, 0.05) is 0 Å². The second kappa shape index (κ2) is 11.1. The van der Waals surface area contributed by atoms with Crippen LogP contribution in [0.1, 0.15) is 18.4 Å². The quantitative estimate of drug-likeness (QED) is 0.373. The monoisotopic (exact) mass is 408 g/mol. The Balaban J connectivity index is 1.76. The molecule has 134 valence electrons. The van der Waals surface area contributed by atoms with Gasteiger partial charge >= 0.3 is 155 Å². The number of hydrogen-bond acceptors (Lipinski definition) is 4. The molecule has 0 amide bonds. The Kier molecular flexibility index (Phi) is 8.70. The molecule has 0 saturated carbocycles. The van der Waals surface area contributed by atoms with E-state index in [-0.39, 0.29) is 25.7 Å². The van der Waals surface area contributed by atoms with Crippen LogP contribution >= 0.6 is 0 Å². The predicted octanol–water partition coefficient (Wildman–Crippen LogP) is 2.34. The number of aliphatic hydroxyl groups is 1. The van der Waals surface area contributed by atoms with Crippen LogP contribution in [0.15, 0.2) is 60.7 Å². The van der Waals surface area contributed by atoms with E-state index in [0.29, 0.717) is 26.1 Å². The van der Waals surface area contributed by atoms with Crippen molar-refractivity contribution >= 4 is 25.4 Å². The van der Waals surface area contributed by atoms with E-state index >= 15 is 0 Å². The molecule has 2 aromatic carbocycles. The van der Waals surface area contributed by atoms with Gasteiger partial charge in [0.15, 0.2) is 0 Å². The van der Waals surface area contributed by atoms with Crippen LogP contribution in [0.3, 0.4) is 0 Å². The Bertz CT molecular complexity index is 618. The molecule has 0 aliphatic heterocycles. The zero-order valence-electron chi connectivity index (χ0n) is 14.3. The molecule has 2 rings (SSSR count). The third-order valence-corrected chi connectivity index (χ3v) is 6.23. The molecule has 0 aromatic heterocycles. The summed E-state index contributed by atoms with van der Waals surface area (Å²) in [6.45, 7) is 0.990. The summed E-state index contributed by atoms with van der Waals surface area (Å²) in [6, 6.07) is 19.8. The first kappa shape index (κ1) is 19.7. The molecule has 0 saturated heterocycles. The zero-order valence-corrected chi connectivity index (χ0v) is 16.0. The van der Waals surface area contributed by atoms with Gasteiger partial charge in [-0.1, -0.05) is 0 Å². The Labute approximate surface area is 155 Å². The molecule has 0 spiro atoms. The van der Waals surface area contributed by atoms with Crippen molar-refractivity contribution in [3.05, 3.63) is 66.2 Å². The minimum atomic E-state index is -0.578. The van der Waals surface area contributed by atoms with Crippen LogP contribution in [0.5, 0.6) is 0 Å². The topological polar surface area (TPSA) is 55.8 Å². The van der Waals surface area contributed by atoms with Gasteiger partial charge in [0.1, 0.15) is 0 Å². The standard InChI is InChI=1S/C20H24O4Se/c1-23-20(22)19(25-18-10-6-3-7-11-18)14-17(21)12-13-24-15-16-8-4-2-5-9-16/h2-11,17,19,21H,12-15H2,1H3/t17-,19?/m1/s1. The first-order valence-electron chi connectivity index (χ1n) is 8.28. The number of benzene rings is 2. The van der Waals surface area contributed by atoms with Crippen molar-refractivity contribution in [3.63, 3.8) is 0 Å². The van der Waals surface area contributed by atoms with Gasteiger partial charge in [0.25, 0.3) is 0 Å². The predicted molar refractivity (Wildman–Crippen MR) is 98.9 cm³/mol. The van der Waals surface area contributed by atoms with Gasteiger partial charge in [0.05, 0.1) is 0 Å². The van der Waals surface area contributed by atoms with Gasteiger partial charge in [-0.25, -0.2) is 0 Å². The molecule has 5 heteroatoms. The summed E-state index contributed by atoms with van der Waals surface area (Å²) < 4.78 is 11.6. The fourth-order valence-electron chi connectivity index (χ4n) is 2.34. The SMILES string of the molecule is COC(=O)C(C[C@H](O)CCOCc1ccccc1)[Se]c1ccccc1. The minimum absolute atomic E-state index is 0.0692. The molecule has 0 fully saturated rings. The molecule has 2 atom stereocenters. The summed E-state index contributed by atoms with van der Waals surface area (Å²) >= 11 is -0.0692. The molecular weight excluding hydrogens is 383 g/mol. The van der Waals surface area contributed by atoms with Gasteiger partial charge in [-0.2, -0.15) is 0 Å². The van der Waals surface area contributed by atoms with E-state index in [9.17, 15) is 9.90 Å². The molecule has 1 unspecified atom stereocenters. The van der Waals surface area contributed by atoms with Crippen molar-refractivity contribution in [1.29, 1.82) is 0 Å². The van der Waals surface area contributed by atoms with E-state index in [2.05, 4.69) is 0 Å². The number of methoxy groups -OCH3 is 1. The van der Waals surface area contributed by atoms with Crippen LogP contribution in [-0.2, 0) is 20.9 Å². The average Bonchev–Trinajstić information content (AvgIpc) is 2.66. The molecular formula is C20H24O4Se. The van der Waals surface area contributed by atoms with E-state index < -0.39 is 6.10 Å². The Morgan fingerprint density at radius 2 is 1.72 bits per heavy atom. The second-order valence-corrected chi connectivity index (χ2v) is 8.34. The molecule has 25 heavy (non-hydrogen) atoms. The van der Waals surface area contributed by atoms with Gasteiger partial charge in [-0.05, 0) is 0 Å². The summed E-state index contributed by atoms with van der Waals surface area (Å²) in [4.78, 5) is 11.7. The van der Waals surface area contributed by atoms with Crippen molar-refractivity contribution in [2.45, 2.75) is 30.4 Å². The van der Waals surface area contributed by atoms with Crippen LogP contribution in [-0.4, -0.2) is 45.9 Å². The summed E-state index contributed by atoms with van der Waals surface area (Å²) in [7, 11) is 1.39. The number of esters is 1. The van der Waals surface area contributed by atoms with Gasteiger partial charge in [-0.15, -0.1) is 0 Å². The maximum atomic E-state index is 12.0. The van der Waals surface area contributed by atoms with Gasteiger partial charge < -0.3 is 0 Å². The van der Waals surface area contributed by atoms with E-state index in [1.54, 1.807) is 0 Å². The first-order valence-corrected chi connectivity index (χ1v) is 10.1. The van der Waals surface area contributed by atoms with E-state index in [4.69, 9.17) is 9.47 Å². The summed E-state index contributed by atoms with van der Waals surface area (Å²) in [5.74, 6) is -0.256. The van der Waals surface area contributed by atoms with Crippen LogP contribution < -0.4 is 4.46 Å². The summed E-state index contributed by atoms with van der Waals surface area (Å²) in [6.07, 6.45) is 0.326. The molecule has 0 radical (unpaired) electrons. The summed E-state index contributed by atoms with van der Waals surface area (Å²) in [5, 5.41) is 10.3. The maximum absolute atomic E-state index is 12.0. The van der Waals surface area contributed by atoms with Crippen LogP contribution in [0, 0.1) is 0 Å². The molecule has 1 N–H and O–H groups in total. The van der Waals surface area contributed by atoms with Crippen molar-refractivity contribution in [2.24, 2.45) is 0 Å². The zero-order chi connectivity index (χ0) is 17.9. The number of rotatable bonds is 10. The van der Waals surface area contributed by atoms with E-state index in [1.807, 2.05) is 60.7 Å². The van der Waals surface area contributed by atoms with Crippen molar-refractivity contribution in [1.82, 2.24) is 0 Å². The van der Waals surface area contributed by atoms with Crippen molar-refractivity contribution in [2.75, 3.05) is 13.7 Å². The third-order valence-electron chi connectivity index (χ3n) is 3.68. The van der Waals surface area contributed by atoms with Crippen molar-refractivity contribution in [3.8, 4) is 0 Å². The molecule has 2 aromatic rings. The number of carbonyl (C=O) groups is 1. The fraction of sp³-hybridized carbons (Fsp3) is 0.350. The van der Waals surface area contributed by atoms with Gasteiger partial charge in [-0.3, -0.25) is 0 Å². The number of hydrogen-bond donors (Lipinski definition) is 1. The molecule has 4 nitrogen and oxygen atoms in total. The third kappa shape index (κ3) is 7.41. The van der Waals surface area contributed by atoms with E-state index in [1.165, 1.54) is 7.11 Å². The molecule has 0 aliphatic rings. The second-order valence-electron chi connectivity index (χ2n) is 5.66. The summed E-state index contributed by atoms with van der Waals surface area (Å²) in [5.41, 5.74) is 1.11. The fourth-order valence-corrected chi connectivity index (χ4v) is 4.76. The Morgan fingerprint density at radius 3 is 2.36 bits per heavy atom. The van der Waals surface area contributed by atoms with Crippen LogP contribution in [0.2, 0.25) is 4.82 Å². The molecule has 0 bridgehead atoms. The van der Waals surface area contributed by atoms with Crippen molar-refractivity contribution < 1.29 is 19.4 Å². The van der Waals surface area contributed by atoms with Crippen LogP contribution in [0.4, 0.5) is 0 Å². The van der Waals surface area contributed by atoms with Gasteiger partial charge in [0.2, 0.25) is 0 Å². The average molecular weight is 407 g/mol. The normalized spacial score (nSPS) is 13.2. The number of aliphatic hydroxyl groups excluding tert-OH is 1. The number of ether oxygens (including phenoxy) is 2. The Hall–Kier alpha value is -1.65. The number of carbonyl (C=O) groups excluding carboxylic acids is 1. The first-order chi connectivity index (χ1) is 12.2. The molecule has 0 heterocycles. The van der Waals surface area contributed by atoms with Crippen LogP contribution in [0.25, 0.3) is 0 Å².